The molecule has 6 heteroatoms. The van der Waals surface area contributed by atoms with Gasteiger partial charge in [0.1, 0.15) is 6.04 Å². The second-order valence-electron chi connectivity index (χ2n) is 6.73. The van der Waals surface area contributed by atoms with E-state index in [9.17, 15) is 9.59 Å². The van der Waals surface area contributed by atoms with Crippen LogP contribution >= 0.6 is 15.9 Å². The average molecular weight is 430 g/mol. The molecule has 0 radical (unpaired) electrons. The molecule has 0 bridgehead atoms. The monoisotopic (exact) mass is 429 g/mol. The average Bonchev–Trinajstić information content (AvgIpc) is 2.70. The maximum Gasteiger partial charge on any atom is 0.319 e. The van der Waals surface area contributed by atoms with Gasteiger partial charge >= 0.3 is 6.03 Å². The van der Waals surface area contributed by atoms with Crippen LogP contribution in [-0.2, 0) is 11.2 Å². The van der Waals surface area contributed by atoms with Gasteiger partial charge in [0.2, 0.25) is 5.91 Å². The zero-order valence-corrected chi connectivity index (χ0v) is 16.7. The Bertz CT molecular complexity index is 759. The van der Waals surface area contributed by atoms with E-state index in [1.807, 2.05) is 59.5 Å². The molecule has 0 saturated carbocycles. The lowest BCUT2D eigenvalue weighted by Gasteiger charge is -2.31. The van der Waals surface area contributed by atoms with Gasteiger partial charge in [-0.2, -0.15) is 0 Å². The summed E-state index contributed by atoms with van der Waals surface area (Å²) in [6.07, 6.45) is 3.68. The van der Waals surface area contributed by atoms with Crippen molar-refractivity contribution in [3.05, 3.63) is 64.6 Å². The fourth-order valence-corrected chi connectivity index (χ4v) is 3.51. The first-order valence-corrected chi connectivity index (χ1v) is 10.1. The molecule has 2 N–H and O–H groups in total. The van der Waals surface area contributed by atoms with Gasteiger partial charge in [-0.1, -0.05) is 46.3 Å². The SMILES string of the molecule is O=C(Nc1ccc(Br)cc1)N[C@@H](Cc1ccccc1)C(=O)N1CCCCC1. The molecule has 27 heavy (non-hydrogen) atoms. The predicted octanol–water partition coefficient (Wildman–Crippen LogP) is 4.19. The number of amides is 3. The minimum atomic E-state index is -0.582. The van der Waals surface area contributed by atoms with Crippen molar-refractivity contribution in [3.8, 4) is 0 Å². The highest BCUT2D eigenvalue weighted by Crippen LogP contribution is 2.15. The number of anilines is 1. The van der Waals surface area contributed by atoms with Crippen LogP contribution in [-0.4, -0.2) is 36.0 Å². The van der Waals surface area contributed by atoms with E-state index in [0.717, 1.165) is 42.4 Å². The molecule has 1 saturated heterocycles. The summed E-state index contributed by atoms with van der Waals surface area (Å²) >= 11 is 3.37. The van der Waals surface area contributed by atoms with Crippen molar-refractivity contribution >= 4 is 33.6 Å². The molecule has 1 fully saturated rings. The molecular formula is C21H24BrN3O2. The third-order valence-corrected chi connectivity index (χ3v) is 5.18. The van der Waals surface area contributed by atoms with E-state index in [1.165, 1.54) is 0 Å². The van der Waals surface area contributed by atoms with E-state index in [-0.39, 0.29) is 11.9 Å². The highest BCUT2D eigenvalue weighted by molar-refractivity contribution is 9.10. The summed E-state index contributed by atoms with van der Waals surface area (Å²) in [5.41, 5.74) is 1.70. The number of nitrogens with one attached hydrogen (secondary N) is 2. The topological polar surface area (TPSA) is 61.4 Å². The first-order chi connectivity index (χ1) is 13.1. The van der Waals surface area contributed by atoms with Crippen LogP contribution in [0.5, 0.6) is 0 Å². The van der Waals surface area contributed by atoms with E-state index in [1.54, 1.807) is 0 Å². The van der Waals surface area contributed by atoms with E-state index in [0.29, 0.717) is 12.1 Å². The fraction of sp³-hybridized carbons (Fsp3) is 0.333. The molecule has 5 nitrogen and oxygen atoms in total. The molecule has 1 atom stereocenters. The maximum absolute atomic E-state index is 13.0. The Morgan fingerprint density at radius 1 is 0.963 bits per heavy atom. The quantitative estimate of drug-likeness (QED) is 0.747. The van der Waals surface area contributed by atoms with Crippen molar-refractivity contribution < 1.29 is 9.59 Å². The van der Waals surface area contributed by atoms with Crippen molar-refractivity contribution in [2.75, 3.05) is 18.4 Å². The van der Waals surface area contributed by atoms with Crippen LogP contribution in [0.15, 0.2) is 59.1 Å². The summed E-state index contributed by atoms with van der Waals surface area (Å²) in [6.45, 7) is 1.53. The van der Waals surface area contributed by atoms with Crippen molar-refractivity contribution in [2.24, 2.45) is 0 Å². The summed E-state index contributed by atoms with van der Waals surface area (Å²) in [5.74, 6) is -0.00971. The predicted molar refractivity (Wildman–Crippen MR) is 111 cm³/mol. The van der Waals surface area contributed by atoms with E-state index in [4.69, 9.17) is 0 Å². The lowest BCUT2D eigenvalue weighted by atomic mass is 10.0. The number of benzene rings is 2. The number of piperidine rings is 1. The van der Waals surface area contributed by atoms with Gasteiger partial charge in [-0.15, -0.1) is 0 Å². The van der Waals surface area contributed by atoms with Crippen LogP contribution in [0.1, 0.15) is 24.8 Å². The number of likely N-dealkylation sites (tertiary alicyclic amines) is 1. The Balaban J connectivity index is 1.69. The molecule has 2 aromatic rings. The number of nitrogens with zero attached hydrogens (tertiary/aromatic N) is 1. The summed E-state index contributed by atoms with van der Waals surface area (Å²) < 4.78 is 0.940. The van der Waals surface area contributed by atoms with Gasteiger partial charge in [-0.25, -0.2) is 4.79 Å². The number of hydrogen-bond acceptors (Lipinski definition) is 2. The van der Waals surface area contributed by atoms with Crippen LogP contribution in [0, 0.1) is 0 Å². The van der Waals surface area contributed by atoms with Gasteiger partial charge in [0.15, 0.2) is 0 Å². The molecule has 0 spiro atoms. The van der Waals surface area contributed by atoms with Gasteiger partial charge < -0.3 is 15.5 Å². The molecule has 0 aromatic heterocycles. The molecule has 1 heterocycles. The number of rotatable bonds is 5. The van der Waals surface area contributed by atoms with E-state index < -0.39 is 6.04 Å². The second-order valence-corrected chi connectivity index (χ2v) is 7.65. The molecule has 3 rings (SSSR count). The van der Waals surface area contributed by atoms with Gasteiger partial charge in [-0.05, 0) is 49.1 Å². The maximum atomic E-state index is 13.0. The van der Waals surface area contributed by atoms with Gasteiger partial charge in [0, 0.05) is 29.7 Å². The fourth-order valence-electron chi connectivity index (χ4n) is 3.24. The molecule has 142 valence electrons. The minimum absolute atomic E-state index is 0.00971. The van der Waals surface area contributed by atoms with Crippen LogP contribution in [0.2, 0.25) is 0 Å². The second kappa shape index (κ2) is 9.55. The summed E-state index contributed by atoms with van der Waals surface area (Å²) in [4.78, 5) is 27.4. The molecule has 0 aliphatic carbocycles. The van der Waals surface area contributed by atoms with Gasteiger partial charge in [0.05, 0.1) is 0 Å². The van der Waals surface area contributed by atoms with E-state index >= 15 is 0 Å². The summed E-state index contributed by atoms with van der Waals surface area (Å²) in [7, 11) is 0. The Morgan fingerprint density at radius 3 is 2.30 bits per heavy atom. The molecule has 1 aliphatic rings. The lowest BCUT2D eigenvalue weighted by Crippen LogP contribution is -2.52. The number of halogens is 1. The minimum Gasteiger partial charge on any atom is -0.341 e. The number of carbonyl (C=O) groups excluding carboxylic acids is 2. The van der Waals surface area contributed by atoms with Crippen molar-refractivity contribution in [2.45, 2.75) is 31.7 Å². The largest absolute Gasteiger partial charge is 0.341 e. The molecule has 0 unspecified atom stereocenters. The summed E-state index contributed by atoms with van der Waals surface area (Å²) in [5, 5.41) is 5.67. The zero-order chi connectivity index (χ0) is 19.1. The number of urea groups is 1. The Kier molecular flexibility index (Phi) is 6.87. The molecule has 1 aliphatic heterocycles. The Labute approximate surface area is 168 Å². The molecular weight excluding hydrogens is 406 g/mol. The third-order valence-electron chi connectivity index (χ3n) is 4.66. The first kappa shape index (κ1) is 19.4. The Morgan fingerprint density at radius 2 is 1.63 bits per heavy atom. The highest BCUT2D eigenvalue weighted by atomic mass is 79.9. The highest BCUT2D eigenvalue weighted by Gasteiger charge is 2.27. The Hall–Kier alpha value is -2.34. The van der Waals surface area contributed by atoms with Crippen LogP contribution in [0.3, 0.4) is 0 Å². The molecule has 3 amide bonds. The molecule has 2 aromatic carbocycles. The lowest BCUT2D eigenvalue weighted by molar-refractivity contribution is -0.134. The summed E-state index contributed by atoms with van der Waals surface area (Å²) in [6, 6.07) is 16.2. The van der Waals surface area contributed by atoms with Crippen LogP contribution < -0.4 is 10.6 Å². The number of carbonyl (C=O) groups is 2. The van der Waals surface area contributed by atoms with E-state index in [2.05, 4.69) is 26.6 Å². The van der Waals surface area contributed by atoms with Gasteiger partial charge in [0.25, 0.3) is 0 Å². The third kappa shape index (κ3) is 5.82. The standard InChI is InChI=1S/C21H24BrN3O2/c22-17-9-11-18(12-10-17)23-21(27)24-19(15-16-7-3-1-4-8-16)20(26)25-13-5-2-6-14-25/h1,3-4,7-12,19H,2,5-6,13-15H2,(H2,23,24,27)/t19-/m0/s1. The van der Waals surface area contributed by atoms with Crippen molar-refractivity contribution in [3.63, 3.8) is 0 Å². The first-order valence-electron chi connectivity index (χ1n) is 9.27. The number of hydrogen-bond donors (Lipinski definition) is 2. The van der Waals surface area contributed by atoms with Crippen LogP contribution in [0.4, 0.5) is 10.5 Å². The smallest absolute Gasteiger partial charge is 0.319 e. The van der Waals surface area contributed by atoms with Gasteiger partial charge in [-0.3, -0.25) is 4.79 Å². The van der Waals surface area contributed by atoms with Crippen molar-refractivity contribution in [1.29, 1.82) is 0 Å². The normalized spacial score (nSPS) is 15.1. The van der Waals surface area contributed by atoms with Crippen molar-refractivity contribution in [1.82, 2.24) is 10.2 Å². The van der Waals surface area contributed by atoms with Crippen LogP contribution in [0.25, 0.3) is 0 Å². The zero-order valence-electron chi connectivity index (χ0n) is 15.2.